The fourth-order valence-electron chi connectivity index (χ4n) is 2.40. The molecule has 2 rings (SSSR count). The van der Waals surface area contributed by atoms with Crippen molar-refractivity contribution in [1.82, 2.24) is 9.97 Å². The molecule has 0 aliphatic heterocycles. The van der Waals surface area contributed by atoms with Gasteiger partial charge in [-0.15, -0.1) is 0 Å². The monoisotopic (exact) mass is 349 g/mol. The van der Waals surface area contributed by atoms with E-state index in [0.717, 1.165) is 28.5 Å². The summed E-state index contributed by atoms with van der Waals surface area (Å²) >= 11 is 0. The van der Waals surface area contributed by atoms with Crippen molar-refractivity contribution in [3.63, 3.8) is 0 Å². The number of aryl methyl sites for hydroxylation is 1. The van der Waals surface area contributed by atoms with Gasteiger partial charge in [0, 0.05) is 45.9 Å². The summed E-state index contributed by atoms with van der Waals surface area (Å²) in [6.07, 6.45) is 6.85. The van der Waals surface area contributed by atoms with Gasteiger partial charge in [0.25, 0.3) is 0 Å². The van der Waals surface area contributed by atoms with E-state index in [2.05, 4.69) is 16.9 Å². The van der Waals surface area contributed by atoms with E-state index in [1.807, 2.05) is 26.8 Å². The van der Waals surface area contributed by atoms with Crippen LogP contribution in [0.1, 0.15) is 50.9 Å². The van der Waals surface area contributed by atoms with Crippen molar-refractivity contribution in [1.29, 1.82) is 0 Å². The molecule has 6 heteroatoms. The lowest BCUT2D eigenvalue weighted by molar-refractivity contribution is 0.289. The van der Waals surface area contributed by atoms with E-state index in [1.54, 1.807) is 18.6 Å². The van der Waals surface area contributed by atoms with Crippen molar-refractivity contribution in [3.8, 4) is 5.88 Å². The number of hydrogen-bond acceptors (Lipinski definition) is 5. The van der Waals surface area contributed by atoms with E-state index in [4.69, 9.17) is 10.5 Å². The van der Waals surface area contributed by atoms with Crippen molar-refractivity contribution in [2.24, 2.45) is 5.73 Å². The number of aromatic nitrogens is 2. The molecule has 24 heavy (non-hydrogen) atoms. The fraction of sp³-hybridized carbons (Fsp3) is 0.556. The molecule has 1 unspecified atom stereocenters. The predicted molar refractivity (Wildman–Crippen MR) is 99.8 cm³/mol. The quantitative estimate of drug-likeness (QED) is 0.830. The molecule has 2 atom stereocenters. The zero-order chi connectivity index (χ0) is 17.9. The first-order valence-corrected chi connectivity index (χ1v) is 9.79. The zero-order valence-electron chi connectivity index (χ0n) is 15.1. The standard InChI is InChI=1S/C18H27N3O2S/c1-6-16(19)14-10-21-17(15-11-20-12(2)9-13(14)15)23-8-7-18(3,4)24(5)22/h9-11,16H,6-8,19H2,1-5H3/t16?,24-/m1/s1. The van der Waals surface area contributed by atoms with Crippen LogP contribution in [-0.4, -0.2) is 31.8 Å². The molecular formula is C18H27N3O2S. The van der Waals surface area contributed by atoms with E-state index in [9.17, 15) is 4.21 Å². The molecular weight excluding hydrogens is 322 g/mol. The molecule has 132 valence electrons. The van der Waals surface area contributed by atoms with Gasteiger partial charge in [-0.1, -0.05) is 6.92 Å². The maximum absolute atomic E-state index is 11.7. The summed E-state index contributed by atoms with van der Waals surface area (Å²) in [5.74, 6) is 0.558. The third-order valence-electron chi connectivity index (χ3n) is 4.46. The highest BCUT2D eigenvalue weighted by Crippen LogP contribution is 2.30. The number of ether oxygens (including phenoxy) is 1. The Balaban J connectivity index is 2.30. The Hall–Kier alpha value is -1.53. The van der Waals surface area contributed by atoms with E-state index < -0.39 is 10.8 Å². The SMILES string of the molecule is CCC(N)c1cnc(OCCC(C)(C)[S@@](C)=O)c2cnc(C)cc12. The minimum atomic E-state index is -0.904. The summed E-state index contributed by atoms with van der Waals surface area (Å²) in [7, 11) is -0.904. The van der Waals surface area contributed by atoms with Gasteiger partial charge in [0.1, 0.15) is 0 Å². The van der Waals surface area contributed by atoms with Gasteiger partial charge in [0.15, 0.2) is 0 Å². The molecule has 0 aromatic carbocycles. The second-order valence-electron chi connectivity index (χ2n) is 6.72. The Kier molecular flexibility index (Phi) is 5.93. The Morgan fingerprint density at radius 1 is 1.29 bits per heavy atom. The lowest BCUT2D eigenvalue weighted by Gasteiger charge is -2.22. The maximum atomic E-state index is 11.7. The van der Waals surface area contributed by atoms with Crippen molar-refractivity contribution in [2.75, 3.05) is 12.9 Å². The van der Waals surface area contributed by atoms with Crippen molar-refractivity contribution in [3.05, 3.63) is 29.7 Å². The highest BCUT2D eigenvalue weighted by Gasteiger charge is 2.23. The minimum absolute atomic E-state index is 0.0581. The zero-order valence-corrected chi connectivity index (χ0v) is 15.9. The third kappa shape index (κ3) is 4.11. The van der Waals surface area contributed by atoms with Crippen molar-refractivity contribution >= 4 is 21.6 Å². The van der Waals surface area contributed by atoms with Crippen LogP contribution in [0.15, 0.2) is 18.5 Å². The first-order chi connectivity index (χ1) is 11.3. The molecule has 0 saturated heterocycles. The molecule has 0 saturated carbocycles. The molecule has 0 amide bonds. The molecule has 2 aromatic heterocycles. The number of fused-ring (bicyclic) bond motifs is 1. The number of nitrogens with two attached hydrogens (primary N) is 1. The molecule has 0 spiro atoms. The maximum Gasteiger partial charge on any atom is 0.222 e. The van der Waals surface area contributed by atoms with Gasteiger partial charge in [0.05, 0.1) is 12.0 Å². The number of rotatable bonds is 7. The largest absolute Gasteiger partial charge is 0.477 e. The molecule has 2 N–H and O–H groups in total. The molecule has 2 heterocycles. The molecule has 0 aliphatic rings. The average molecular weight is 350 g/mol. The second kappa shape index (κ2) is 7.57. The van der Waals surface area contributed by atoms with Gasteiger partial charge in [-0.05, 0) is 50.6 Å². The van der Waals surface area contributed by atoms with Gasteiger partial charge in [-0.2, -0.15) is 0 Å². The first-order valence-electron chi connectivity index (χ1n) is 8.23. The van der Waals surface area contributed by atoms with E-state index in [-0.39, 0.29) is 10.8 Å². The first kappa shape index (κ1) is 18.8. The van der Waals surface area contributed by atoms with Crippen LogP contribution in [0.5, 0.6) is 5.88 Å². The van der Waals surface area contributed by atoms with Crippen LogP contribution in [-0.2, 0) is 10.8 Å². The lowest BCUT2D eigenvalue weighted by atomic mass is 10.0. The van der Waals surface area contributed by atoms with Gasteiger partial charge < -0.3 is 10.5 Å². The Morgan fingerprint density at radius 3 is 2.62 bits per heavy atom. The molecule has 0 fully saturated rings. The highest BCUT2D eigenvalue weighted by atomic mass is 32.2. The predicted octanol–water partition coefficient (Wildman–Crippen LogP) is 3.27. The summed E-state index contributed by atoms with van der Waals surface area (Å²) in [5, 5.41) is 1.91. The van der Waals surface area contributed by atoms with Crippen molar-refractivity contribution < 1.29 is 8.95 Å². The summed E-state index contributed by atoms with van der Waals surface area (Å²) in [4.78, 5) is 8.82. The Bertz CT molecular complexity index is 746. The molecule has 0 bridgehead atoms. The smallest absolute Gasteiger partial charge is 0.222 e. The van der Waals surface area contributed by atoms with Crippen LogP contribution in [0.4, 0.5) is 0 Å². The van der Waals surface area contributed by atoms with Gasteiger partial charge >= 0.3 is 0 Å². The topological polar surface area (TPSA) is 78.1 Å². The number of nitrogens with zero attached hydrogens (tertiary/aromatic N) is 2. The summed E-state index contributed by atoms with van der Waals surface area (Å²) < 4.78 is 17.3. The fourth-order valence-corrected chi connectivity index (χ4v) is 2.77. The average Bonchev–Trinajstić information content (AvgIpc) is 2.53. The molecule has 5 nitrogen and oxygen atoms in total. The van der Waals surface area contributed by atoms with E-state index >= 15 is 0 Å². The number of pyridine rings is 2. The van der Waals surface area contributed by atoms with Gasteiger partial charge in [-0.3, -0.25) is 9.19 Å². The summed E-state index contributed by atoms with van der Waals surface area (Å²) in [5.41, 5.74) is 8.17. The van der Waals surface area contributed by atoms with Crippen LogP contribution in [0.25, 0.3) is 10.8 Å². The number of hydrogen-bond donors (Lipinski definition) is 1. The van der Waals surface area contributed by atoms with Crippen LogP contribution >= 0.6 is 0 Å². The van der Waals surface area contributed by atoms with Crippen LogP contribution < -0.4 is 10.5 Å². The molecule has 2 aromatic rings. The van der Waals surface area contributed by atoms with Crippen LogP contribution in [0.3, 0.4) is 0 Å². The molecule has 0 aliphatic carbocycles. The normalized spacial score (nSPS) is 14.6. The highest BCUT2D eigenvalue weighted by molar-refractivity contribution is 7.85. The summed E-state index contributed by atoms with van der Waals surface area (Å²) in [6, 6.07) is 1.97. The van der Waals surface area contributed by atoms with Gasteiger partial charge in [-0.25, -0.2) is 4.98 Å². The van der Waals surface area contributed by atoms with Crippen LogP contribution in [0.2, 0.25) is 0 Å². The Morgan fingerprint density at radius 2 is 2.00 bits per heavy atom. The second-order valence-corrected chi connectivity index (χ2v) is 8.73. The Labute approximate surface area is 146 Å². The minimum Gasteiger partial charge on any atom is -0.477 e. The third-order valence-corrected chi connectivity index (χ3v) is 6.22. The van der Waals surface area contributed by atoms with E-state index in [1.165, 1.54) is 0 Å². The van der Waals surface area contributed by atoms with Crippen molar-refractivity contribution in [2.45, 2.75) is 51.3 Å². The van der Waals surface area contributed by atoms with Crippen LogP contribution in [0, 0.1) is 6.92 Å². The molecule has 0 radical (unpaired) electrons. The lowest BCUT2D eigenvalue weighted by Crippen LogP contribution is -2.28. The summed E-state index contributed by atoms with van der Waals surface area (Å²) in [6.45, 7) is 8.43. The van der Waals surface area contributed by atoms with E-state index in [0.29, 0.717) is 18.9 Å². The van der Waals surface area contributed by atoms with Gasteiger partial charge in [0.2, 0.25) is 5.88 Å².